The van der Waals surface area contributed by atoms with Gasteiger partial charge in [-0.25, -0.2) is 0 Å². The Morgan fingerprint density at radius 1 is 1.15 bits per heavy atom. The van der Waals surface area contributed by atoms with E-state index >= 15 is 0 Å². The molecule has 0 unspecified atom stereocenters. The lowest BCUT2D eigenvalue weighted by Gasteiger charge is -2.13. The highest BCUT2D eigenvalue weighted by molar-refractivity contribution is 7.12. The molecule has 1 heterocycles. The maximum Gasteiger partial charge on any atom is 0.142 e. The number of hydrogen-bond donors (Lipinski definition) is 1. The van der Waals surface area contributed by atoms with Gasteiger partial charge in [0, 0.05) is 16.3 Å². The second kappa shape index (κ2) is 6.80. The predicted octanol–water partition coefficient (Wildman–Crippen LogP) is 5.07. The molecule has 2 rings (SSSR count). The fourth-order valence-corrected chi connectivity index (χ4v) is 3.10. The Labute approximate surface area is 125 Å². The molecule has 2 aromatic rings. The Morgan fingerprint density at radius 2 is 1.95 bits per heavy atom. The van der Waals surface area contributed by atoms with Crippen molar-refractivity contribution in [3.05, 3.63) is 45.1 Å². The molecule has 3 heteroatoms. The summed E-state index contributed by atoms with van der Waals surface area (Å²) in [6, 6.07) is 8.58. The van der Waals surface area contributed by atoms with Gasteiger partial charge in [-0.3, -0.25) is 0 Å². The molecule has 20 heavy (non-hydrogen) atoms. The number of nitrogens with one attached hydrogen (secondary N) is 1. The molecule has 0 radical (unpaired) electrons. The molecule has 0 aliphatic rings. The largest absolute Gasteiger partial charge is 0.491 e. The van der Waals surface area contributed by atoms with Crippen molar-refractivity contribution in [1.82, 2.24) is 0 Å². The number of aryl methyl sites for hydroxylation is 3. The molecule has 1 aromatic carbocycles. The van der Waals surface area contributed by atoms with Gasteiger partial charge in [0.05, 0.1) is 12.3 Å². The highest BCUT2D eigenvalue weighted by atomic mass is 32.1. The summed E-state index contributed by atoms with van der Waals surface area (Å²) in [5, 5.41) is 3.50. The van der Waals surface area contributed by atoms with Crippen molar-refractivity contribution in [2.45, 2.75) is 40.7 Å². The molecule has 1 N–H and O–H groups in total. The third-order valence-electron chi connectivity index (χ3n) is 3.21. The van der Waals surface area contributed by atoms with E-state index in [0.717, 1.165) is 31.0 Å². The van der Waals surface area contributed by atoms with Gasteiger partial charge in [0.2, 0.25) is 0 Å². The first-order valence-corrected chi connectivity index (χ1v) is 7.95. The Hall–Kier alpha value is -1.48. The zero-order valence-electron chi connectivity index (χ0n) is 12.7. The first kappa shape index (κ1) is 14.9. The third kappa shape index (κ3) is 3.76. The van der Waals surface area contributed by atoms with Gasteiger partial charge in [0.25, 0.3) is 0 Å². The second-order valence-corrected chi connectivity index (χ2v) is 6.60. The molecular formula is C17H23NOS. The Kier molecular flexibility index (Phi) is 5.07. The Balaban J connectivity index is 2.10. The zero-order valence-corrected chi connectivity index (χ0v) is 13.6. The lowest BCUT2D eigenvalue weighted by molar-refractivity contribution is 0.318. The molecule has 0 saturated heterocycles. The van der Waals surface area contributed by atoms with Crippen LogP contribution in [0, 0.1) is 20.8 Å². The maximum absolute atomic E-state index is 5.83. The molecule has 0 bridgehead atoms. The van der Waals surface area contributed by atoms with Gasteiger partial charge in [-0.15, -0.1) is 11.3 Å². The zero-order chi connectivity index (χ0) is 14.5. The summed E-state index contributed by atoms with van der Waals surface area (Å²) in [4.78, 5) is 2.75. The molecule has 0 atom stereocenters. The van der Waals surface area contributed by atoms with E-state index in [1.54, 1.807) is 0 Å². The topological polar surface area (TPSA) is 21.3 Å². The van der Waals surface area contributed by atoms with Gasteiger partial charge in [0.1, 0.15) is 5.75 Å². The van der Waals surface area contributed by atoms with E-state index in [0.29, 0.717) is 0 Å². The van der Waals surface area contributed by atoms with Crippen LogP contribution < -0.4 is 10.1 Å². The summed E-state index contributed by atoms with van der Waals surface area (Å²) >= 11 is 1.85. The van der Waals surface area contributed by atoms with Crippen molar-refractivity contribution in [3.63, 3.8) is 0 Å². The normalized spacial score (nSPS) is 10.6. The molecule has 2 nitrogen and oxygen atoms in total. The van der Waals surface area contributed by atoms with Crippen molar-refractivity contribution in [2.75, 3.05) is 11.9 Å². The average Bonchev–Trinajstić information content (AvgIpc) is 2.73. The van der Waals surface area contributed by atoms with Gasteiger partial charge in [0.15, 0.2) is 0 Å². The smallest absolute Gasteiger partial charge is 0.142 e. The van der Waals surface area contributed by atoms with Gasteiger partial charge in [-0.1, -0.05) is 13.0 Å². The van der Waals surface area contributed by atoms with E-state index < -0.39 is 0 Å². The van der Waals surface area contributed by atoms with Crippen LogP contribution in [0.1, 0.15) is 34.2 Å². The first-order chi connectivity index (χ1) is 9.60. The molecule has 1 aromatic heterocycles. The number of rotatable bonds is 6. The van der Waals surface area contributed by atoms with E-state index in [2.05, 4.69) is 57.3 Å². The maximum atomic E-state index is 5.83. The SMILES string of the molecule is CCCOc1cc(C)ccc1NCc1cc(C)sc1C. The van der Waals surface area contributed by atoms with Crippen LogP contribution in [0.15, 0.2) is 24.3 Å². The number of anilines is 1. The molecule has 0 fully saturated rings. The lowest BCUT2D eigenvalue weighted by Crippen LogP contribution is -2.04. The summed E-state index contributed by atoms with van der Waals surface area (Å²) in [6.07, 6.45) is 1.02. The van der Waals surface area contributed by atoms with Crippen molar-refractivity contribution in [1.29, 1.82) is 0 Å². The first-order valence-electron chi connectivity index (χ1n) is 7.13. The Morgan fingerprint density at radius 3 is 2.60 bits per heavy atom. The summed E-state index contributed by atoms with van der Waals surface area (Å²) in [6.45, 7) is 10.2. The lowest BCUT2D eigenvalue weighted by atomic mass is 10.2. The van der Waals surface area contributed by atoms with Crippen molar-refractivity contribution >= 4 is 17.0 Å². The van der Waals surface area contributed by atoms with Gasteiger partial charge in [-0.05, 0) is 56.5 Å². The summed E-state index contributed by atoms with van der Waals surface area (Å²) in [5.74, 6) is 0.955. The number of hydrogen-bond acceptors (Lipinski definition) is 3. The minimum absolute atomic E-state index is 0.759. The van der Waals surface area contributed by atoms with Crippen LogP contribution in [0.4, 0.5) is 5.69 Å². The van der Waals surface area contributed by atoms with Crippen LogP contribution in [-0.4, -0.2) is 6.61 Å². The summed E-state index contributed by atoms with van der Waals surface area (Å²) in [7, 11) is 0. The van der Waals surface area contributed by atoms with Crippen LogP contribution in [-0.2, 0) is 6.54 Å². The van der Waals surface area contributed by atoms with E-state index in [9.17, 15) is 0 Å². The second-order valence-electron chi connectivity index (χ2n) is 5.14. The molecule has 0 amide bonds. The highest BCUT2D eigenvalue weighted by Gasteiger charge is 2.06. The van der Waals surface area contributed by atoms with Crippen LogP contribution in [0.25, 0.3) is 0 Å². The third-order valence-corrected chi connectivity index (χ3v) is 4.22. The van der Waals surface area contributed by atoms with E-state index in [-0.39, 0.29) is 0 Å². The van der Waals surface area contributed by atoms with Crippen molar-refractivity contribution in [3.8, 4) is 5.75 Å². The molecule has 0 aliphatic carbocycles. The quantitative estimate of drug-likeness (QED) is 0.801. The van der Waals surface area contributed by atoms with Crippen LogP contribution in [0.2, 0.25) is 0 Å². The van der Waals surface area contributed by atoms with Crippen molar-refractivity contribution in [2.24, 2.45) is 0 Å². The number of ether oxygens (including phenoxy) is 1. The molecule has 0 spiro atoms. The van der Waals surface area contributed by atoms with Crippen LogP contribution >= 0.6 is 11.3 Å². The molecular weight excluding hydrogens is 266 g/mol. The Bertz CT molecular complexity index is 574. The molecule has 108 valence electrons. The van der Waals surface area contributed by atoms with Gasteiger partial charge >= 0.3 is 0 Å². The highest BCUT2D eigenvalue weighted by Crippen LogP contribution is 2.28. The van der Waals surface area contributed by atoms with Crippen LogP contribution in [0.3, 0.4) is 0 Å². The fraction of sp³-hybridized carbons (Fsp3) is 0.412. The van der Waals surface area contributed by atoms with Crippen LogP contribution in [0.5, 0.6) is 5.75 Å². The monoisotopic (exact) mass is 289 g/mol. The standard InChI is InChI=1S/C17H23NOS/c1-5-8-19-17-9-12(2)6-7-16(17)18-11-15-10-13(3)20-14(15)4/h6-7,9-10,18H,5,8,11H2,1-4H3. The molecule has 0 saturated carbocycles. The van der Waals surface area contributed by atoms with Crippen molar-refractivity contribution < 1.29 is 4.74 Å². The fourth-order valence-electron chi connectivity index (χ4n) is 2.16. The minimum Gasteiger partial charge on any atom is -0.491 e. The van der Waals surface area contributed by atoms with E-state index in [4.69, 9.17) is 4.74 Å². The minimum atomic E-state index is 0.759. The van der Waals surface area contributed by atoms with Gasteiger partial charge in [-0.2, -0.15) is 0 Å². The molecule has 0 aliphatic heterocycles. The summed E-state index contributed by atoms with van der Waals surface area (Å²) < 4.78 is 5.83. The van der Waals surface area contributed by atoms with E-state index in [1.807, 2.05) is 11.3 Å². The average molecular weight is 289 g/mol. The summed E-state index contributed by atoms with van der Waals surface area (Å²) in [5.41, 5.74) is 3.67. The number of benzene rings is 1. The number of thiophene rings is 1. The predicted molar refractivity (Wildman–Crippen MR) is 88.1 cm³/mol. The van der Waals surface area contributed by atoms with Gasteiger partial charge < -0.3 is 10.1 Å². The van der Waals surface area contributed by atoms with E-state index in [1.165, 1.54) is 20.9 Å².